The van der Waals surface area contributed by atoms with Crippen molar-refractivity contribution >= 4 is 21.9 Å². The molecule has 0 aromatic heterocycles. The van der Waals surface area contributed by atoms with Gasteiger partial charge in [0.25, 0.3) is 0 Å². The van der Waals surface area contributed by atoms with E-state index in [0.717, 1.165) is 10.1 Å². The molecule has 0 radical (unpaired) electrons. The Morgan fingerprint density at radius 1 is 1.62 bits per heavy atom. The number of hydrogen-bond donors (Lipinski definition) is 0. The van der Waals surface area contributed by atoms with Gasteiger partial charge in [0.05, 0.1) is 13.5 Å². The average molecular weight is 245 g/mol. The number of ether oxygens (including phenoxy) is 1. The van der Waals surface area contributed by atoms with Gasteiger partial charge in [0.2, 0.25) is 0 Å². The van der Waals surface area contributed by atoms with Crippen LogP contribution in [0.15, 0.2) is 34.9 Å². The largest absolute Gasteiger partial charge is 0.469 e. The van der Waals surface area contributed by atoms with E-state index in [9.17, 15) is 4.79 Å². The number of halogens is 1. The van der Waals surface area contributed by atoms with Gasteiger partial charge in [0.1, 0.15) is 0 Å². The third kappa shape index (κ3) is 5.42. The molecular weight excluding hydrogens is 232 g/mol. The van der Waals surface area contributed by atoms with E-state index in [2.05, 4.69) is 27.2 Å². The molecule has 0 heterocycles. The Hall–Kier alpha value is -0.830. The van der Waals surface area contributed by atoms with Crippen LogP contribution in [-0.2, 0) is 9.53 Å². The maximum Gasteiger partial charge on any atom is 0.309 e. The van der Waals surface area contributed by atoms with Crippen LogP contribution < -0.4 is 0 Å². The van der Waals surface area contributed by atoms with Gasteiger partial charge in [-0.15, -0.1) is 0 Å². The number of esters is 1. The second-order valence-corrected chi connectivity index (χ2v) is 3.21. The van der Waals surface area contributed by atoms with Crippen LogP contribution in [0.1, 0.15) is 13.3 Å². The van der Waals surface area contributed by atoms with Crippen LogP contribution in [0.4, 0.5) is 0 Å². The highest BCUT2D eigenvalue weighted by Gasteiger charge is 1.98. The molecule has 2 nitrogen and oxygen atoms in total. The van der Waals surface area contributed by atoms with E-state index in [1.807, 2.05) is 19.1 Å². The van der Waals surface area contributed by atoms with Crippen LogP contribution in [0.3, 0.4) is 0 Å². The summed E-state index contributed by atoms with van der Waals surface area (Å²) < 4.78 is 5.30. The molecule has 0 aromatic rings. The lowest BCUT2D eigenvalue weighted by Crippen LogP contribution is -1.97. The second-order valence-electron chi connectivity index (χ2n) is 2.36. The van der Waals surface area contributed by atoms with Gasteiger partial charge in [-0.1, -0.05) is 40.7 Å². The van der Waals surface area contributed by atoms with E-state index in [1.165, 1.54) is 7.11 Å². The van der Waals surface area contributed by atoms with Crippen molar-refractivity contribution in [2.45, 2.75) is 13.3 Å². The highest BCUT2D eigenvalue weighted by Crippen LogP contribution is 2.17. The molecule has 0 fully saturated rings. The Labute approximate surface area is 87.1 Å². The van der Waals surface area contributed by atoms with Gasteiger partial charge in [-0.2, -0.15) is 0 Å². The molecule has 0 amide bonds. The van der Waals surface area contributed by atoms with Crippen LogP contribution in [0.25, 0.3) is 0 Å². The van der Waals surface area contributed by atoms with Gasteiger partial charge in [0.15, 0.2) is 0 Å². The third-order valence-corrected chi connectivity index (χ3v) is 2.18. The number of methoxy groups -OCH3 is 1. The van der Waals surface area contributed by atoms with E-state index in [-0.39, 0.29) is 12.4 Å². The van der Waals surface area contributed by atoms with E-state index < -0.39 is 0 Å². The molecule has 0 N–H and O–H groups in total. The minimum absolute atomic E-state index is 0.258. The summed E-state index contributed by atoms with van der Waals surface area (Å²) in [5.41, 5.74) is 0.839. The maximum absolute atomic E-state index is 10.8. The molecule has 72 valence electrons. The Bertz CT molecular complexity index is 252. The average Bonchev–Trinajstić information content (AvgIpc) is 2.13. The predicted octanol–water partition coefficient (Wildman–Crippen LogP) is 2.96. The van der Waals surface area contributed by atoms with Crippen LogP contribution in [0, 0.1) is 0 Å². The van der Waals surface area contributed by atoms with Crippen molar-refractivity contribution in [3.63, 3.8) is 0 Å². The molecule has 0 aliphatic heterocycles. The quantitative estimate of drug-likeness (QED) is 0.562. The van der Waals surface area contributed by atoms with E-state index in [0.29, 0.717) is 0 Å². The van der Waals surface area contributed by atoms with Crippen molar-refractivity contribution in [1.82, 2.24) is 0 Å². The van der Waals surface area contributed by atoms with Crippen molar-refractivity contribution in [3.8, 4) is 0 Å². The first-order valence-corrected chi connectivity index (χ1v) is 4.65. The molecule has 0 bridgehead atoms. The number of rotatable bonds is 4. The first-order valence-electron chi connectivity index (χ1n) is 3.86. The third-order valence-electron chi connectivity index (χ3n) is 1.35. The Morgan fingerprint density at radius 2 is 2.23 bits per heavy atom. The summed E-state index contributed by atoms with van der Waals surface area (Å²) in [6, 6.07) is 0. The molecule has 0 unspecified atom stereocenters. The monoisotopic (exact) mass is 244 g/mol. The number of allylic oxidation sites excluding steroid dienone is 4. The Kier molecular flexibility index (Phi) is 6.24. The summed E-state index contributed by atoms with van der Waals surface area (Å²) in [4.78, 5) is 10.8. The molecule has 0 saturated heterocycles. The summed E-state index contributed by atoms with van der Waals surface area (Å²) in [7, 11) is 1.37. The lowest BCUT2D eigenvalue weighted by Gasteiger charge is -1.97. The van der Waals surface area contributed by atoms with E-state index in [4.69, 9.17) is 0 Å². The van der Waals surface area contributed by atoms with Crippen LogP contribution in [0.2, 0.25) is 0 Å². The SMILES string of the molecule is C=C(/C=C\C)/C(Br)=C\CC(=O)OC. The van der Waals surface area contributed by atoms with Crippen molar-refractivity contribution in [2.75, 3.05) is 7.11 Å². The van der Waals surface area contributed by atoms with Gasteiger partial charge in [-0.05, 0) is 12.5 Å². The number of carbonyl (C=O) groups excluding carboxylic acids is 1. The van der Waals surface area contributed by atoms with Crippen LogP contribution in [0.5, 0.6) is 0 Å². The molecule has 0 aromatic carbocycles. The van der Waals surface area contributed by atoms with Gasteiger partial charge < -0.3 is 4.74 Å². The van der Waals surface area contributed by atoms with Crippen molar-refractivity contribution in [3.05, 3.63) is 34.9 Å². The highest BCUT2D eigenvalue weighted by atomic mass is 79.9. The Morgan fingerprint density at radius 3 is 2.69 bits per heavy atom. The predicted molar refractivity (Wildman–Crippen MR) is 57.6 cm³/mol. The molecule has 0 atom stereocenters. The fraction of sp³-hybridized carbons (Fsp3) is 0.300. The van der Waals surface area contributed by atoms with Crippen molar-refractivity contribution in [2.24, 2.45) is 0 Å². The fourth-order valence-electron chi connectivity index (χ4n) is 0.668. The molecule has 13 heavy (non-hydrogen) atoms. The summed E-state index contributed by atoms with van der Waals surface area (Å²) in [6.07, 6.45) is 5.73. The van der Waals surface area contributed by atoms with Crippen molar-refractivity contribution in [1.29, 1.82) is 0 Å². The fourth-order valence-corrected chi connectivity index (χ4v) is 0.962. The van der Waals surface area contributed by atoms with Gasteiger partial charge in [-0.3, -0.25) is 4.79 Å². The number of hydrogen-bond acceptors (Lipinski definition) is 2. The minimum atomic E-state index is -0.259. The maximum atomic E-state index is 10.8. The molecule has 0 aliphatic rings. The molecule has 0 rings (SSSR count). The summed E-state index contributed by atoms with van der Waals surface area (Å²) in [5.74, 6) is -0.259. The normalized spacial score (nSPS) is 11.8. The zero-order chi connectivity index (χ0) is 10.3. The highest BCUT2D eigenvalue weighted by molar-refractivity contribution is 9.12. The summed E-state index contributed by atoms with van der Waals surface area (Å²) in [6.45, 7) is 5.70. The van der Waals surface area contributed by atoms with Crippen LogP contribution in [-0.4, -0.2) is 13.1 Å². The molecular formula is C10H13BrO2. The van der Waals surface area contributed by atoms with E-state index in [1.54, 1.807) is 6.08 Å². The zero-order valence-corrected chi connectivity index (χ0v) is 9.43. The smallest absolute Gasteiger partial charge is 0.309 e. The van der Waals surface area contributed by atoms with Gasteiger partial charge >= 0.3 is 5.97 Å². The zero-order valence-electron chi connectivity index (χ0n) is 7.84. The van der Waals surface area contributed by atoms with E-state index >= 15 is 0 Å². The molecule has 0 spiro atoms. The van der Waals surface area contributed by atoms with Crippen LogP contribution >= 0.6 is 15.9 Å². The lowest BCUT2D eigenvalue weighted by atomic mass is 10.2. The molecule has 0 saturated carbocycles. The first-order chi connectivity index (χ1) is 6.11. The summed E-state index contributed by atoms with van der Waals surface area (Å²) >= 11 is 3.30. The first kappa shape index (κ1) is 12.2. The lowest BCUT2D eigenvalue weighted by molar-refractivity contribution is -0.139. The molecule has 0 aliphatic carbocycles. The van der Waals surface area contributed by atoms with Gasteiger partial charge in [-0.25, -0.2) is 0 Å². The Balaban J connectivity index is 4.16. The van der Waals surface area contributed by atoms with Gasteiger partial charge in [0, 0.05) is 4.48 Å². The summed E-state index contributed by atoms with van der Waals surface area (Å²) in [5, 5.41) is 0. The minimum Gasteiger partial charge on any atom is -0.469 e. The molecule has 3 heteroatoms. The number of carbonyl (C=O) groups is 1. The second kappa shape index (κ2) is 6.66. The topological polar surface area (TPSA) is 26.3 Å². The van der Waals surface area contributed by atoms with Crippen molar-refractivity contribution < 1.29 is 9.53 Å². The standard InChI is InChI=1S/C10H13BrO2/c1-4-5-8(2)9(11)6-7-10(12)13-3/h4-6H,2,7H2,1,3H3/b5-4-,9-6+.